The molecule has 3 saturated carbocycles. The predicted octanol–water partition coefficient (Wildman–Crippen LogP) is 5.54. The minimum Gasteiger partial charge on any atom is -0.388 e. The smallest absolute Gasteiger partial charge is 0.388 e. The Hall–Kier alpha value is -1.15. The molecule has 0 unspecified atom stereocenters. The molecule has 0 aromatic rings. The molecule has 204 valence electrons. The first-order valence-corrected chi connectivity index (χ1v) is 13.8. The maximum absolute atomic E-state index is 13.1. The van der Waals surface area contributed by atoms with Gasteiger partial charge in [-0.2, -0.15) is 13.2 Å². The topological polar surface area (TPSA) is 63.9 Å². The minimum absolute atomic E-state index is 0.238. The van der Waals surface area contributed by atoms with Crippen LogP contribution in [-0.2, 0) is 0 Å². The summed E-state index contributed by atoms with van der Waals surface area (Å²) in [4.78, 5) is 2.10. The summed E-state index contributed by atoms with van der Waals surface area (Å²) in [6.07, 6.45) is 6.00. The molecule has 4 rings (SSSR count). The lowest BCUT2D eigenvalue weighted by atomic mass is 9.62. The van der Waals surface area contributed by atoms with Crippen molar-refractivity contribution in [2.45, 2.75) is 102 Å². The van der Waals surface area contributed by atoms with Gasteiger partial charge in [-0.25, -0.2) is 0 Å². The van der Waals surface area contributed by atoms with Crippen molar-refractivity contribution < 1.29 is 28.5 Å². The number of rotatable bonds is 5. The van der Waals surface area contributed by atoms with Gasteiger partial charge in [0.1, 0.15) is 0 Å². The maximum Gasteiger partial charge on any atom is 0.417 e. The molecule has 3 N–H and O–H groups in total. The second-order valence-corrected chi connectivity index (χ2v) is 12.4. The molecule has 6 atom stereocenters. The Labute approximate surface area is 214 Å². The highest BCUT2D eigenvalue weighted by Gasteiger charge is 2.54. The lowest BCUT2D eigenvalue weighted by molar-refractivity contribution is -0.272. The number of fused-ring (bicyclic) bond motifs is 1. The van der Waals surface area contributed by atoms with Crippen LogP contribution >= 0.6 is 0 Å². The minimum atomic E-state index is -4.55. The van der Waals surface area contributed by atoms with Crippen LogP contribution in [0.5, 0.6) is 0 Å². The average molecular weight is 512 g/mol. The average Bonchev–Trinajstić information content (AvgIpc) is 3.13. The van der Waals surface area contributed by atoms with Gasteiger partial charge in [0.25, 0.3) is 0 Å². The van der Waals surface area contributed by atoms with Crippen molar-refractivity contribution in [3.8, 4) is 0 Å². The molecule has 4 fully saturated rings. The van der Waals surface area contributed by atoms with Crippen molar-refractivity contribution in [1.29, 1.82) is 0 Å². The number of hydrogen-bond donors (Lipinski definition) is 3. The molecular formula is C29H44F3NO3. The fourth-order valence-corrected chi connectivity index (χ4v) is 7.55. The quantitative estimate of drug-likeness (QED) is 0.424. The van der Waals surface area contributed by atoms with Gasteiger partial charge in [0.05, 0.1) is 12.2 Å². The second kappa shape index (κ2) is 10.5. The summed E-state index contributed by atoms with van der Waals surface area (Å²) in [6, 6.07) is 0. The van der Waals surface area contributed by atoms with Gasteiger partial charge >= 0.3 is 6.18 Å². The Kier molecular flexibility index (Phi) is 8.17. The lowest BCUT2D eigenvalue weighted by Crippen LogP contribution is -2.53. The molecule has 1 aliphatic heterocycles. The standard InChI is InChI=1S/C29H44F3NO3/c1-19(18-33-13-11-28(36,12-14-33)29(30,31)32)15-23-8-9-24-22(5-4-10-27(23,24)3)7-6-21-16-25(34)20(2)26(35)17-21/h6-7,19,23-26,34-36H,2,4-5,8-18H2,1,3H3/b22-7+/t19-,23+,24-,25+,26+,27+/m0/s1. The third-order valence-electron chi connectivity index (χ3n) is 9.93. The molecule has 4 aliphatic rings. The van der Waals surface area contributed by atoms with Crippen LogP contribution in [0.3, 0.4) is 0 Å². The SMILES string of the molecule is C=C1[C@H](O)CC(=C/C=C2\CCC[C@]3(C)[C@@H](C[C@H](C)CN4CCC(O)(C(F)(F)F)CC4)CC[C@@H]23)C[C@H]1O. The molecule has 1 heterocycles. The van der Waals surface area contributed by atoms with Crippen LogP contribution in [0.15, 0.2) is 35.5 Å². The number of piperidine rings is 1. The van der Waals surface area contributed by atoms with E-state index in [0.717, 1.165) is 31.4 Å². The number of likely N-dealkylation sites (tertiary alicyclic amines) is 1. The summed E-state index contributed by atoms with van der Waals surface area (Å²) < 4.78 is 39.4. The molecular weight excluding hydrogens is 467 g/mol. The molecule has 4 nitrogen and oxygen atoms in total. The van der Waals surface area contributed by atoms with Crippen LogP contribution in [0, 0.1) is 23.2 Å². The van der Waals surface area contributed by atoms with E-state index in [0.29, 0.717) is 49.3 Å². The number of halogens is 3. The molecule has 0 amide bonds. The monoisotopic (exact) mass is 511 g/mol. The normalized spacial score (nSPS) is 37.7. The molecule has 0 spiro atoms. The highest BCUT2D eigenvalue weighted by Crippen LogP contribution is 2.59. The van der Waals surface area contributed by atoms with E-state index in [-0.39, 0.29) is 18.3 Å². The largest absolute Gasteiger partial charge is 0.417 e. The van der Waals surface area contributed by atoms with E-state index in [1.165, 1.54) is 24.8 Å². The van der Waals surface area contributed by atoms with Crippen molar-refractivity contribution in [3.05, 3.63) is 35.5 Å². The zero-order valence-electron chi connectivity index (χ0n) is 21.9. The third kappa shape index (κ3) is 5.64. The fraction of sp³-hybridized carbons (Fsp3) is 0.793. The molecule has 1 saturated heterocycles. The van der Waals surface area contributed by atoms with Gasteiger partial charge in [-0.3, -0.25) is 0 Å². The molecule has 0 aromatic carbocycles. The van der Waals surface area contributed by atoms with Gasteiger partial charge in [0.15, 0.2) is 5.60 Å². The van der Waals surface area contributed by atoms with E-state index >= 15 is 0 Å². The number of alkyl halides is 3. The summed E-state index contributed by atoms with van der Waals surface area (Å²) >= 11 is 0. The van der Waals surface area contributed by atoms with Crippen LogP contribution in [0.4, 0.5) is 13.2 Å². The van der Waals surface area contributed by atoms with Crippen molar-refractivity contribution in [2.24, 2.45) is 23.2 Å². The van der Waals surface area contributed by atoms with E-state index in [4.69, 9.17) is 0 Å². The van der Waals surface area contributed by atoms with Crippen molar-refractivity contribution in [1.82, 2.24) is 4.90 Å². The fourth-order valence-electron chi connectivity index (χ4n) is 7.55. The number of allylic oxidation sites excluding steroid dienone is 3. The van der Waals surface area contributed by atoms with Crippen molar-refractivity contribution >= 4 is 0 Å². The first kappa shape index (κ1) is 27.9. The second-order valence-electron chi connectivity index (χ2n) is 12.4. The first-order valence-electron chi connectivity index (χ1n) is 13.8. The van der Waals surface area contributed by atoms with Crippen LogP contribution in [0.25, 0.3) is 0 Å². The van der Waals surface area contributed by atoms with Gasteiger partial charge in [-0.15, -0.1) is 0 Å². The third-order valence-corrected chi connectivity index (χ3v) is 9.93. The molecule has 0 radical (unpaired) electrons. The van der Waals surface area contributed by atoms with Crippen molar-refractivity contribution in [3.63, 3.8) is 0 Å². The summed E-state index contributed by atoms with van der Waals surface area (Å²) in [5.41, 5.74) is 0.792. The van der Waals surface area contributed by atoms with Gasteiger partial charge in [-0.1, -0.05) is 43.7 Å². The maximum atomic E-state index is 13.1. The van der Waals surface area contributed by atoms with Crippen molar-refractivity contribution in [2.75, 3.05) is 19.6 Å². The zero-order valence-corrected chi connectivity index (χ0v) is 21.9. The molecule has 0 aromatic heterocycles. The summed E-state index contributed by atoms with van der Waals surface area (Å²) in [6.45, 7) is 9.83. The van der Waals surface area contributed by atoms with E-state index in [1.54, 1.807) is 0 Å². The Morgan fingerprint density at radius 3 is 2.33 bits per heavy atom. The van der Waals surface area contributed by atoms with Gasteiger partial charge in [0.2, 0.25) is 0 Å². The lowest BCUT2D eigenvalue weighted by Gasteiger charge is -2.44. The summed E-state index contributed by atoms with van der Waals surface area (Å²) in [5, 5.41) is 30.3. The number of hydrogen-bond acceptors (Lipinski definition) is 4. The number of aliphatic hydroxyl groups excluding tert-OH is 2. The first-order chi connectivity index (χ1) is 16.8. The van der Waals surface area contributed by atoms with E-state index in [9.17, 15) is 28.5 Å². The van der Waals surface area contributed by atoms with Gasteiger partial charge < -0.3 is 20.2 Å². The van der Waals surface area contributed by atoms with Crippen LogP contribution in [0.2, 0.25) is 0 Å². The Morgan fingerprint density at radius 2 is 1.72 bits per heavy atom. The van der Waals surface area contributed by atoms with Crippen LogP contribution < -0.4 is 0 Å². The Bertz CT molecular complexity index is 857. The van der Waals surface area contributed by atoms with Crippen LogP contribution in [-0.4, -0.2) is 63.8 Å². The Balaban J connectivity index is 1.34. The Morgan fingerprint density at radius 1 is 1.08 bits per heavy atom. The number of nitrogens with zero attached hydrogens (tertiary/aromatic N) is 1. The van der Waals surface area contributed by atoms with E-state index < -0.39 is 24.0 Å². The molecule has 7 heteroatoms. The molecule has 36 heavy (non-hydrogen) atoms. The molecule has 0 bridgehead atoms. The van der Waals surface area contributed by atoms with E-state index in [1.807, 2.05) is 0 Å². The predicted molar refractivity (Wildman–Crippen MR) is 135 cm³/mol. The molecule has 3 aliphatic carbocycles. The van der Waals surface area contributed by atoms with Crippen LogP contribution in [0.1, 0.15) is 78.1 Å². The summed E-state index contributed by atoms with van der Waals surface area (Å²) in [7, 11) is 0. The van der Waals surface area contributed by atoms with E-state index in [2.05, 4.69) is 37.5 Å². The van der Waals surface area contributed by atoms with Gasteiger partial charge in [-0.05, 0) is 93.0 Å². The number of aliphatic hydroxyl groups is 3. The zero-order chi connectivity index (χ0) is 26.3. The highest BCUT2D eigenvalue weighted by molar-refractivity contribution is 5.29. The van der Waals surface area contributed by atoms with Gasteiger partial charge in [0, 0.05) is 19.6 Å². The summed E-state index contributed by atoms with van der Waals surface area (Å²) in [5.74, 6) is 1.55. The highest BCUT2D eigenvalue weighted by atomic mass is 19.4.